The summed E-state index contributed by atoms with van der Waals surface area (Å²) in [5.41, 5.74) is 3.28. The third-order valence-corrected chi connectivity index (χ3v) is 5.43. The van der Waals surface area contributed by atoms with Gasteiger partial charge in [0.05, 0.1) is 12.3 Å². The third-order valence-electron chi connectivity index (χ3n) is 5.07. The Balaban J connectivity index is 0.000000205. The fourth-order valence-corrected chi connectivity index (χ4v) is 3.60. The second-order valence-corrected chi connectivity index (χ2v) is 8.17. The molecule has 1 amide bonds. The first-order valence-corrected chi connectivity index (χ1v) is 10.6. The number of nitrogens with zero attached hydrogens (tertiary/aromatic N) is 4. The molecule has 3 N–H and O–H groups in total. The van der Waals surface area contributed by atoms with Gasteiger partial charge >= 0.3 is 0 Å². The molecule has 0 aliphatic heterocycles. The van der Waals surface area contributed by atoms with Crippen LogP contribution in [0.3, 0.4) is 0 Å². The zero-order chi connectivity index (χ0) is 24.0. The Bertz CT molecular complexity index is 1100. The largest absolute Gasteiger partial charge is 0.392 e. The molecule has 176 valence electrons. The van der Waals surface area contributed by atoms with Crippen LogP contribution in [0.4, 0.5) is 14.7 Å². The molecule has 0 saturated heterocycles. The van der Waals surface area contributed by atoms with Crippen molar-refractivity contribution < 1.29 is 18.7 Å². The molecule has 8 nitrogen and oxygen atoms in total. The number of aliphatic hydroxyl groups excluding tert-OH is 1. The van der Waals surface area contributed by atoms with Crippen molar-refractivity contribution in [2.75, 3.05) is 5.32 Å². The van der Waals surface area contributed by atoms with Crippen molar-refractivity contribution in [1.82, 2.24) is 24.8 Å². The summed E-state index contributed by atoms with van der Waals surface area (Å²) in [4.78, 5) is 22.7. The van der Waals surface area contributed by atoms with Gasteiger partial charge in [0.2, 0.25) is 12.4 Å². The quantitative estimate of drug-likeness (QED) is 0.448. The zero-order valence-electron chi connectivity index (χ0n) is 18.2. The molecule has 2 heterocycles. The molecular formula is C22H25ClF2N6O2. The number of rotatable bonds is 7. The van der Waals surface area contributed by atoms with E-state index in [0.29, 0.717) is 35.3 Å². The highest BCUT2D eigenvalue weighted by molar-refractivity contribution is 6.31. The Morgan fingerprint density at radius 3 is 2.67 bits per heavy atom. The van der Waals surface area contributed by atoms with Gasteiger partial charge in [-0.1, -0.05) is 23.7 Å². The normalized spacial score (nSPS) is 14.6. The van der Waals surface area contributed by atoms with E-state index in [1.165, 1.54) is 0 Å². The summed E-state index contributed by atoms with van der Waals surface area (Å²) >= 11 is 5.83. The number of carbonyl (C=O) groups is 1. The minimum atomic E-state index is -2.55. The second-order valence-electron chi connectivity index (χ2n) is 7.76. The fourth-order valence-electron chi connectivity index (χ4n) is 3.34. The van der Waals surface area contributed by atoms with E-state index in [2.05, 4.69) is 25.6 Å². The van der Waals surface area contributed by atoms with E-state index in [1.54, 1.807) is 29.2 Å². The number of nitrogens with one attached hydrogen (secondary N) is 2. The molecule has 1 aromatic carbocycles. The number of amides is 1. The van der Waals surface area contributed by atoms with Gasteiger partial charge in [-0.15, -0.1) is 0 Å². The van der Waals surface area contributed by atoms with Gasteiger partial charge in [-0.3, -0.25) is 9.36 Å². The van der Waals surface area contributed by atoms with E-state index in [0.717, 1.165) is 16.8 Å². The lowest BCUT2D eigenvalue weighted by atomic mass is 9.88. The number of hydrogen-bond donors (Lipinski definition) is 3. The molecule has 1 aliphatic carbocycles. The van der Waals surface area contributed by atoms with Gasteiger partial charge in [-0.05, 0) is 25.5 Å². The van der Waals surface area contributed by atoms with Gasteiger partial charge in [0, 0.05) is 54.0 Å². The van der Waals surface area contributed by atoms with Crippen molar-refractivity contribution >= 4 is 24.0 Å². The van der Waals surface area contributed by atoms with Crippen LogP contribution in [-0.2, 0) is 17.9 Å². The van der Waals surface area contributed by atoms with Gasteiger partial charge in [0.1, 0.15) is 12.1 Å². The van der Waals surface area contributed by atoms with Crippen LogP contribution in [0.2, 0.25) is 5.02 Å². The van der Waals surface area contributed by atoms with Crippen LogP contribution >= 0.6 is 11.6 Å². The number of aryl methyl sites for hydroxylation is 2. The van der Waals surface area contributed by atoms with Crippen molar-refractivity contribution in [3.05, 3.63) is 64.3 Å². The van der Waals surface area contributed by atoms with Crippen molar-refractivity contribution in [3.63, 3.8) is 0 Å². The summed E-state index contributed by atoms with van der Waals surface area (Å²) in [6, 6.07) is 5.04. The maximum absolute atomic E-state index is 12.8. The van der Waals surface area contributed by atoms with Crippen LogP contribution in [0.5, 0.6) is 0 Å². The van der Waals surface area contributed by atoms with Gasteiger partial charge in [-0.25, -0.2) is 18.7 Å². The van der Waals surface area contributed by atoms with Crippen LogP contribution in [0.25, 0.3) is 5.82 Å². The molecule has 0 radical (unpaired) electrons. The molecule has 1 fully saturated rings. The molecule has 0 spiro atoms. The molecule has 11 heteroatoms. The van der Waals surface area contributed by atoms with E-state index in [9.17, 15) is 13.6 Å². The molecule has 4 rings (SSSR count). The maximum Gasteiger partial charge on any atom is 0.252 e. The number of imidazole rings is 1. The number of aromatic nitrogens is 4. The van der Waals surface area contributed by atoms with Gasteiger partial charge < -0.3 is 15.7 Å². The topological polar surface area (TPSA) is 105 Å². The first-order chi connectivity index (χ1) is 15.7. The molecule has 3 aromatic rings. The standard InChI is InChI=1S/C13H15F2N5.C9H10ClNO2/c1-8-5-16-12(18-10-3-13(14,15)4-10)19-11(8)20-6-9(2)17-7-20;10-9-3-1-2-7(4-11-6-13)8(9)5-12/h5-7,10H,3-4H2,1-2H3,(H,16,18,19);1-3,6,12H,4-5H2,(H,11,13). The predicted molar refractivity (Wildman–Crippen MR) is 120 cm³/mol. The SMILES string of the molecule is Cc1cn(-c2nc(NC3CC(F)(F)C3)ncc2C)cn1.O=CNCc1cccc(Cl)c1CO. The monoisotopic (exact) mass is 478 g/mol. The number of anilines is 1. The van der Waals surface area contributed by atoms with Gasteiger partial charge in [-0.2, -0.15) is 4.98 Å². The first kappa shape index (κ1) is 24.5. The maximum atomic E-state index is 12.8. The van der Waals surface area contributed by atoms with Crippen molar-refractivity contribution in [1.29, 1.82) is 0 Å². The Morgan fingerprint density at radius 2 is 2.06 bits per heavy atom. The van der Waals surface area contributed by atoms with E-state index < -0.39 is 5.92 Å². The zero-order valence-corrected chi connectivity index (χ0v) is 19.0. The number of carbonyl (C=O) groups excluding carboxylic acids is 1. The summed E-state index contributed by atoms with van der Waals surface area (Å²) < 4.78 is 27.4. The summed E-state index contributed by atoms with van der Waals surface area (Å²) in [5, 5.41) is 15.0. The van der Waals surface area contributed by atoms with Crippen LogP contribution < -0.4 is 10.6 Å². The third kappa shape index (κ3) is 6.45. The Kier molecular flexibility index (Phi) is 7.93. The van der Waals surface area contributed by atoms with Crippen LogP contribution in [0.1, 0.15) is 35.2 Å². The number of hydrogen-bond acceptors (Lipinski definition) is 6. The lowest BCUT2D eigenvalue weighted by Crippen LogP contribution is -2.44. The van der Waals surface area contributed by atoms with Gasteiger partial charge in [0.15, 0.2) is 0 Å². The molecule has 1 aliphatic rings. The smallest absolute Gasteiger partial charge is 0.252 e. The van der Waals surface area contributed by atoms with Gasteiger partial charge in [0.25, 0.3) is 5.92 Å². The highest BCUT2D eigenvalue weighted by atomic mass is 35.5. The summed E-state index contributed by atoms with van der Waals surface area (Å²) in [7, 11) is 0. The molecule has 0 unspecified atom stereocenters. The number of aliphatic hydroxyl groups is 1. The summed E-state index contributed by atoms with van der Waals surface area (Å²) in [6.07, 6.45) is 5.49. The van der Waals surface area contributed by atoms with E-state index in [1.807, 2.05) is 26.1 Å². The molecule has 33 heavy (non-hydrogen) atoms. The number of halogens is 3. The second kappa shape index (κ2) is 10.7. The first-order valence-electron chi connectivity index (χ1n) is 10.3. The minimum Gasteiger partial charge on any atom is -0.392 e. The van der Waals surface area contributed by atoms with E-state index >= 15 is 0 Å². The highest BCUT2D eigenvalue weighted by Gasteiger charge is 2.45. The number of alkyl halides is 2. The van der Waals surface area contributed by atoms with Crippen molar-refractivity contribution in [2.24, 2.45) is 0 Å². The number of benzene rings is 1. The predicted octanol–water partition coefficient (Wildman–Crippen LogP) is 3.57. The Morgan fingerprint density at radius 1 is 1.30 bits per heavy atom. The lowest BCUT2D eigenvalue weighted by molar-refractivity contribution is -0.109. The average Bonchev–Trinajstić information content (AvgIpc) is 3.19. The summed E-state index contributed by atoms with van der Waals surface area (Å²) in [5.74, 6) is -1.47. The van der Waals surface area contributed by atoms with Crippen LogP contribution in [0.15, 0.2) is 36.9 Å². The Labute approximate surface area is 195 Å². The minimum absolute atomic E-state index is 0.116. The van der Waals surface area contributed by atoms with E-state index in [-0.39, 0.29) is 25.5 Å². The Hall–Kier alpha value is -3.11. The average molecular weight is 479 g/mol. The molecule has 0 bridgehead atoms. The van der Waals surface area contributed by atoms with Crippen molar-refractivity contribution in [2.45, 2.75) is 51.8 Å². The molecule has 1 saturated carbocycles. The highest BCUT2D eigenvalue weighted by Crippen LogP contribution is 2.38. The van der Waals surface area contributed by atoms with Crippen molar-refractivity contribution in [3.8, 4) is 5.82 Å². The molecule has 2 aromatic heterocycles. The lowest BCUT2D eigenvalue weighted by Gasteiger charge is -2.35. The van der Waals surface area contributed by atoms with Crippen LogP contribution in [0, 0.1) is 13.8 Å². The van der Waals surface area contributed by atoms with E-state index in [4.69, 9.17) is 16.7 Å². The fraction of sp³-hybridized carbons (Fsp3) is 0.364. The van der Waals surface area contributed by atoms with Crippen LogP contribution in [-0.4, -0.2) is 43.0 Å². The summed E-state index contributed by atoms with van der Waals surface area (Å²) in [6.45, 7) is 4.06. The molecule has 0 atom stereocenters. The molecular weight excluding hydrogens is 454 g/mol.